The molecular formula is C30H37N3O7. The molecule has 0 bridgehead atoms. The molecule has 1 saturated carbocycles. The SMILES string of the molecule is CNC(=O)c1cc(C(=O)N[C@H]2[C@@H]3CN(C(=O)OC(C)(C)C)C[C@@H]32)cc2c1O[C@H](C)[C@H]2c1cccc(OCCO)c1. The average Bonchev–Trinajstić information content (AvgIpc) is 3.22. The van der Waals surface area contributed by atoms with Gasteiger partial charge in [0.2, 0.25) is 0 Å². The van der Waals surface area contributed by atoms with Crippen LogP contribution in [0.5, 0.6) is 11.5 Å². The second-order valence-electron chi connectivity index (χ2n) is 11.7. The third kappa shape index (κ3) is 5.45. The summed E-state index contributed by atoms with van der Waals surface area (Å²) in [5.41, 5.74) is 1.80. The van der Waals surface area contributed by atoms with Gasteiger partial charge >= 0.3 is 6.09 Å². The summed E-state index contributed by atoms with van der Waals surface area (Å²) in [6.07, 6.45) is -0.615. The number of carbonyl (C=O) groups is 3. The highest BCUT2D eigenvalue weighted by Gasteiger charge is 2.58. The quantitative estimate of drug-likeness (QED) is 0.483. The molecule has 5 rings (SSSR count). The number of rotatable bonds is 7. The fourth-order valence-electron chi connectivity index (χ4n) is 5.82. The highest BCUT2D eigenvalue weighted by Crippen LogP contribution is 2.47. The van der Waals surface area contributed by atoms with Crippen LogP contribution in [0.15, 0.2) is 36.4 Å². The topological polar surface area (TPSA) is 126 Å². The van der Waals surface area contributed by atoms with Crippen LogP contribution in [0.1, 0.15) is 65.5 Å². The second kappa shape index (κ2) is 10.6. The summed E-state index contributed by atoms with van der Waals surface area (Å²) >= 11 is 0. The Morgan fingerprint density at radius 2 is 1.82 bits per heavy atom. The standard InChI is InChI=1S/C30H37N3O7/c1-16-24(17-7-6-8-19(11-17)38-10-9-34)20-12-18(13-21(26(20)39-16)28(36)31-5)27(35)32-25-22-14-33(15-23(22)25)29(37)40-30(2,3)4/h6-8,11-13,16,22-25,34H,9-10,14-15H2,1-5H3,(H,31,36)(H,32,35)/t16-,22-,23+,24+,25+/m1/s1. The van der Waals surface area contributed by atoms with Gasteiger partial charge in [-0.2, -0.15) is 0 Å². The maximum absolute atomic E-state index is 13.5. The summed E-state index contributed by atoms with van der Waals surface area (Å²) in [4.78, 5) is 40.4. The molecule has 1 aliphatic carbocycles. The van der Waals surface area contributed by atoms with Gasteiger partial charge in [0.25, 0.3) is 11.8 Å². The highest BCUT2D eigenvalue weighted by atomic mass is 16.6. The van der Waals surface area contributed by atoms with Gasteiger partial charge in [0.05, 0.1) is 12.2 Å². The molecule has 40 heavy (non-hydrogen) atoms. The van der Waals surface area contributed by atoms with E-state index in [1.54, 1.807) is 24.1 Å². The van der Waals surface area contributed by atoms with Crippen molar-refractivity contribution in [2.75, 3.05) is 33.4 Å². The molecule has 5 atom stereocenters. The fourth-order valence-corrected chi connectivity index (χ4v) is 5.82. The van der Waals surface area contributed by atoms with E-state index in [2.05, 4.69) is 10.6 Å². The Labute approximate surface area is 234 Å². The number of likely N-dealkylation sites (tertiary alicyclic amines) is 1. The van der Waals surface area contributed by atoms with Gasteiger partial charge in [-0.25, -0.2) is 4.79 Å². The first-order valence-electron chi connectivity index (χ1n) is 13.7. The van der Waals surface area contributed by atoms with Crippen molar-refractivity contribution in [3.05, 3.63) is 58.7 Å². The molecule has 10 nitrogen and oxygen atoms in total. The zero-order valence-corrected chi connectivity index (χ0v) is 23.5. The van der Waals surface area contributed by atoms with Crippen molar-refractivity contribution in [3.63, 3.8) is 0 Å². The summed E-state index contributed by atoms with van der Waals surface area (Å²) in [6, 6.07) is 10.9. The van der Waals surface area contributed by atoms with Gasteiger partial charge in [0.1, 0.15) is 29.8 Å². The molecule has 2 aromatic carbocycles. The minimum Gasteiger partial charge on any atom is -0.491 e. The average molecular weight is 552 g/mol. The molecule has 1 saturated heterocycles. The fraction of sp³-hybridized carbons (Fsp3) is 0.500. The second-order valence-corrected chi connectivity index (χ2v) is 11.7. The van der Waals surface area contributed by atoms with Crippen LogP contribution < -0.4 is 20.1 Å². The zero-order valence-electron chi connectivity index (χ0n) is 23.5. The van der Waals surface area contributed by atoms with E-state index in [4.69, 9.17) is 19.3 Å². The van der Waals surface area contributed by atoms with E-state index in [9.17, 15) is 14.4 Å². The van der Waals surface area contributed by atoms with Gasteiger partial charge in [0.15, 0.2) is 0 Å². The predicted octanol–water partition coefficient (Wildman–Crippen LogP) is 2.93. The first-order valence-corrected chi connectivity index (χ1v) is 13.7. The number of hydrogen-bond acceptors (Lipinski definition) is 7. The Hall–Kier alpha value is -3.79. The van der Waals surface area contributed by atoms with Crippen molar-refractivity contribution < 1.29 is 33.7 Å². The van der Waals surface area contributed by atoms with Crippen molar-refractivity contribution in [2.45, 2.75) is 51.4 Å². The van der Waals surface area contributed by atoms with Crippen LogP contribution in [0.2, 0.25) is 0 Å². The van der Waals surface area contributed by atoms with Gasteiger partial charge in [-0.1, -0.05) is 12.1 Å². The minimum atomic E-state index is -0.555. The van der Waals surface area contributed by atoms with E-state index < -0.39 is 5.60 Å². The number of piperidine rings is 1. The van der Waals surface area contributed by atoms with Crippen LogP contribution in [0.25, 0.3) is 0 Å². The normalized spacial score (nSPS) is 24.4. The monoisotopic (exact) mass is 551 g/mol. The third-order valence-corrected chi connectivity index (χ3v) is 7.68. The lowest BCUT2D eigenvalue weighted by Crippen LogP contribution is -2.40. The summed E-state index contributed by atoms with van der Waals surface area (Å²) in [7, 11) is 1.54. The first-order chi connectivity index (χ1) is 19.0. The molecule has 0 aromatic heterocycles. The van der Waals surface area contributed by atoms with E-state index >= 15 is 0 Å². The predicted molar refractivity (Wildman–Crippen MR) is 147 cm³/mol. The van der Waals surface area contributed by atoms with Crippen molar-refractivity contribution in [1.29, 1.82) is 0 Å². The Morgan fingerprint density at radius 1 is 1.10 bits per heavy atom. The van der Waals surface area contributed by atoms with E-state index in [-0.39, 0.29) is 61.0 Å². The van der Waals surface area contributed by atoms with Crippen LogP contribution in [0, 0.1) is 11.8 Å². The largest absolute Gasteiger partial charge is 0.491 e. The lowest BCUT2D eigenvalue weighted by atomic mass is 9.86. The van der Waals surface area contributed by atoms with Crippen molar-refractivity contribution in [3.8, 4) is 11.5 Å². The van der Waals surface area contributed by atoms with Crippen molar-refractivity contribution in [1.82, 2.24) is 15.5 Å². The number of aliphatic hydroxyl groups excluding tert-OH is 1. The summed E-state index contributed by atoms with van der Waals surface area (Å²) in [6.45, 7) is 8.62. The number of aliphatic hydroxyl groups is 1. The van der Waals surface area contributed by atoms with Gasteiger partial charge in [-0.05, 0) is 57.5 Å². The molecule has 0 radical (unpaired) electrons. The highest BCUT2D eigenvalue weighted by molar-refractivity contribution is 6.02. The number of carbonyl (C=O) groups excluding carboxylic acids is 3. The van der Waals surface area contributed by atoms with Gasteiger partial charge in [-0.3, -0.25) is 9.59 Å². The number of hydrogen-bond donors (Lipinski definition) is 3. The Kier molecular flexibility index (Phi) is 7.39. The number of nitrogens with zero attached hydrogens (tertiary/aromatic N) is 1. The van der Waals surface area contributed by atoms with E-state index in [1.807, 2.05) is 52.0 Å². The number of benzene rings is 2. The van der Waals surface area contributed by atoms with E-state index in [1.165, 1.54) is 0 Å². The molecule has 2 heterocycles. The van der Waals surface area contributed by atoms with Crippen LogP contribution >= 0.6 is 0 Å². The number of ether oxygens (including phenoxy) is 3. The molecule has 2 aliphatic heterocycles. The molecule has 0 unspecified atom stereocenters. The van der Waals surface area contributed by atoms with E-state index in [0.29, 0.717) is 35.7 Å². The summed E-state index contributed by atoms with van der Waals surface area (Å²) in [5, 5.41) is 14.9. The molecule has 2 fully saturated rings. The van der Waals surface area contributed by atoms with Crippen LogP contribution in [0.3, 0.4) is 0 Å². The van der Waals surface area contributed by atoms with Crippen molar-refractivity contribution >= 4 is 17.9 Å². The smallest absolute Gasteiger partial charge is 0.410 e. The molecular weight excluding hydrogens is 514 g/mol. The number of amides is 3. The van der Waals surface area contributed by atoms with Gasteiger partial charge in [-0.15, -0.1) is 0 Å². The molecule has 3 aliphatic rings. The Balaban J connectivity index is 1.36. The Bertz CT molecular complexity index is 1310. The third-order valence-electron chi connectivity index (χ3n) is 7.68. The molecule has 2 aromatic rings. The van der Waals surface area contributed by atoms with E-state index in [0.717, 1.165) is 11.1 Å². The minimum absolute atomic E-state index is 0.0331. The number of nitrogens with one attached hydrogen (secondary N) is 2. The summed E-state index contributed by atoms with van der Waals surface area (Å²) < 4.78 is 17.3. The Morgan fingerprint density at radius 3 is 2.48 bits per heavy atom. The lowest BCUT2D eigenvalue weighted by Gasteiger charge is -2.26. The maximum Gasteiger partial charge on any atom is 0.410 e. The maximum atomic E-state index is 13.5. The molecule has 3 N–H and O–H groups in total. The zero-order chi connectivity index (χ0) is 28.8. The van der Waals surface area contributed by atoms with Crippen molar-refractivity contribution in [2.24, 2.45) is 11.8 Å². The van der Waals surface area contributed by atoms with Crippen LogP contribution in [-0.2, 0) is 4.74 Å². The molecule has 3 amide bonds. The first kappa shape index (κ1) is 27.8. The van der Waals surface area contributed by atoms with Gasteiger partial charge < -0.3 is 34.9 Å². The summed E-state index contributed by atoms with van der Waals surface area (Å²) in [5.74, 6) is 0.611. The molecule has 10 heteroatoms. The molecule has 0 spiro atoms. The molecule has 214 valence electrons. The van der Waals surface area contributed by atoms with Crippen LogP contribution in [-0.4, -0.2) is 79.0 Å². The number of fused-ring (bicyclic) bond motifs is 2. The lowest BCUT2D eigenvalue weighted by molar-refractivity contribution is 0.0269. The van der Waals surface area contributed by atoms with Crippen LogP contribution in [0.4, 0.5) is 4.79 Å². The van der Waals surface area contributed by atoms with Gasteiger partial charge in [0, 0.05) is 55.1 Å².